The first-order valence-corrected chi connectivity index (χ1v) is 9.12. The molecule has 27 heavy (non-hydrogen) atoms. The van der Waals surface area contributed by atoms with E-state index in [0.29, 0.717) is 0 Å². The van der Waals surface area contributed by atoms with Crippen molar-refractivity contribution >= 4 is 17.4 Å². The molecule has 1 heterocycles. The van der Waals surface area contributed by atoms with E-state index in [1.54, 1.807) is 0 Å². The van der Waals surface area contributed by atoms with E-state index in [-0.39, 0.29) is 35.0 Å². The number of nitro groups is 1. The van der Waals surface area contributed by atoms with Gasteiger partial charge in [0, 0.05) is 18.2 Å². The van der Waals surface area contributed by atoms with Crippen LogP contribution < -0.4 is 15.4 Å². The highest BCUT2D eigenvalue weighted by Gasteiger charge is 2.30. The lowest BCUT2D eigenvalue weighted by atomic mass is 9.95. The Morgan fingerprint density at radius 3 is 2.56 bits per heavy atom. The van der Waals surface area contributed by atoms with E-state index < -0.39 is 23.9 Å². The van der Waals surface area contributed by atoms with E-state index in [9.17, 15) is 23.7 Å². The summed E-state index contributed by atoms with van der Waals surface area (Å²) in [7, 11) is 0. The van der Waals surface area contributed by atoms with E-state index in [0.717, 1.165) is 51.0 Å². The molecular formula is C17H22F2N4O4. The number of anilines is 1. The molecule has 1 amide bonds. The second-order valence-electron chi connectivity index (χ2n) is 6.90. The van der Waals surface area contributed by atoms with Crippen molar-refractivity contribution in [1.82, 2.24) is 10.3 Å². The van der Waals surface area contributed by atoms with E-state index in [1.807, 2.05) is 0 Å². The van der Waals surface area contributed by atoms with Gasteiger partial charge >= 0.3 is 5.69 Å². The van der Waals surface area contributed by atoms with Crippen LogP contribution in [0.3, 0.4) is 0 Å². The van der Waals surface area contributed by atoms with Crippen LogP contribution in [0, 0.1) is 10.1 Å². The molecule has 2 aliphatic rings. The summed E-state index contributed by atoms with van der Waals surface area (Å²) < 4.78 is 30.2. The third-order valence-electron chi connectivity index (χ3n) is 4.61. The zero-order valence-corrected chi connectivity index (χ0v) is 14.7. The number of hydrogen-bond donors (Lipinski definition) is 2. The predicted octanol–water partition coefficient (Wildman–Crippen LogP) is 3.27. The number of nitrogens with zero attached hydrogens (tertiary/aromatic N) is 2. The number of pyridine rings is 1. The zero-order chi connectivity index (χ0) is 19.4. The lowest BCUT2D eigenvalue weighted by molar-refractivity contribution is -0.384. The summed E-state index contributed by atoms with van der Waals surface area (Å²) in [5.74, 6) is -0.988. The summed E-state index contributed by atoms with van der Waals surface area (Å²) in [4.78, 5) is 27.4. The van der Waals surface area contributed by atoms with Gasteiger partial charge < -0.3 is 15.4 Å². The van der Waals surface area contributed by atoms with Crippen LogP contribution >= 0.6 is 0 Å². The van der Waals surface area contributed by atoms with Crippen LogP contribution in [0.4, 0.5) is 20.3 Å². The second-order valence-corrected chi connectivity index (χ2v) is 6.90. The molecule has 0 aliphatic heterocycles. The van der Waals surface area contributed by atoms with Crippen LogP contribution in [0.25, 0.3) is 0 Å². The largest absolute Gasteiger partial charge is 0.471 e. The number of carbonyl (C=O) groups excluding carboxylic acids is 1. The van der Waals surface area contributed by atoms with Gasteiger partial charge in [0.25, 0.3) is 12.3 Å². The van der Waals surface area contributed by atoms with E-state index in [4.69, 9.17) is 4.74 Å². The molecule has 1 aromatic heterocycles. The fraction of sp³-hybridized carbons (Fsp3) is 0.647. The highest BCUT2D eigenvalue weighted by molar-refractivity contribution is 5.97. The van der Waals surface area contributed by atoms with Crippen molar-refractivity contribution in [3.05, 3.63) is 21.7 Å². The van der Waals surface area contributed by atoms with Crippen LogP contribution in [0.5, 0.6) is 5.88 Å². The molecule has 2 saturated carbocycles. The Labute approximate surface area is 154 Å². The molecule has 3 rings (SSSR count). The normalized spacial score (nSPS) is 17.6. The van der Waals surface area contributed by atoms with Gasteiger partial charge in [-0.25, -0.2) is 8.78 Å². The fourth-order valence-corrected chi connectivity index (χ4v) is 3.08. The first-order valence-electron chi connectivity index (χ1n) is 9.12. The number of carbonyl (C=O) groups is 1. The number of nitrogens with one attached hydrogen (secondary N) is 2. The molecule has 2 fully saturated rings. The first kappa shape index (κ1) is 19.2. The summed E-state index contributed by atoms with van der Waals surface area (Å²) in [6.07, 6.45) is 3.64. The van der Waals surface area contributed by atoms with Crippen molar-refractivity contribution in [3.8, 4) is 5.88 Å². The molecule has 0 radical (unpaired) electrons. The van der Waals surface area contributed by atoms with Gasteiger partial charge in [0.2, 0.25) is 11.7 Å². The predicted molar refractivity (Wildman–Crippen MR) is 93.4 cm³/mol. The Kier molecular flexibility index (Phi) is 6.02. The zero-order valence-electron chi connectivity index (χ0n) is 14.7. The van der Waals surface area contributed by atoms with E-state index >= 15 is 0 Å². The standard InChI is InChI=1S/C17H22F2N4O4/c18-14(19)9-27-17-12(16(24)21-10-4-2-1-3-5-10)8-13(23(25)26)15(22-17)20-11-6-7-11/h8,10-11,14H,1-7,9H2,(H,20,22)(H,21,24). The average Bonchev–Trinajstić information content (AvgIpc) is 3.44. The van der Waals surface area contributed by atoms with Crippen molar-refractivity contribution in [2.45, 2.75) is 63.5 Å². The van der Waals surface area contributed by atoms with E-state index in [1.165, 1.54) is 0 Å². The maximum atomic E-state index is 12.6. The topological polar surface area (TPSA) is 106 Å². The third-order valence-corrected chi connectivity index (χ3v) is 4.61. The van der Waals surface area contributed by atoms with Gasteiger partial charge in [-0.1, -0.05) is 19.3 Å². The smallest absolute Gasteiger partial charge is 0.312 e. The second kappa shape index (κ2) is 8.45. The lowest BCUT2D eigenvalue weighted by Crippen LogP contribution is -2.36. The molecule has 0 unspecified atom stereocenters. The lowest BCUT2D eigenvalue weighted by Gasteiger charge is -2.23. The average molecular weight is 384 g/mol. The molecule has 1 aromatic rings. The molecule has 148 valence electrons. The Morgan fingerprint density at radius 1 is 1.26 bits per heavy atom. The number of amides is 1. The number of hydrogen-bond acceptors (Lipinski definition) is 6. The van der Waals surface area contributed by atoms with Crippen molar-refractivity contribution in [1.29, 1.82) is 0 Å². The molecule has 0 spiro atoms. The molecule has 2 aliphatic carbocycles. The molecule has 2 N–H and O–H groups in total. The number of alkyl halides is 2. The Hall–Kier alpha value is -2.52. The summed E-state index contributed by atoms with van der Waals surface area (Å²) in [6, 6.07) is 1.06. The van der Waals surface area contributed by atoms with Gasteiger partial charge in [-0.15, -0.1) is 0 Å². The summed E-state index contributed by atoms with van der Waals surface area (Å²) >= 11 is 0. The molecule has 0 aromatic carbocycles. The maximum absolute atomic E-state index is 12.6. The van der Waals surface area contributed by atoms with Gasteiger partial charge in [0.1, 0.15) is 5.56 Å². The Morgan fingerprint density at radius 2 is 1.96 bits per heavy atom. The quantitative estimate of drug-likeness (QED) is 0.526. The van der Waals surface area contributed by atoms with Crippen LogP contribution in [0.1, 0.15) is 55.3 Å². The minimum absolute atomic E-state index is 0.0440. The minimum Gasteiger partial charge on any atom is -0.471 e. The summed E-state index contributed by atoms with van der Waals surface area (Å²) in [5.41, 5.74) is -0.575. The molecule has 10 heteroatoms. The van der Waals surface area contributed by atoms with Crippen molar-refractivity contribution < 1.29 is 23.2 Å². The summed E-state index contributed by atoms with van der Waals surface area (Å²) in [5, 5.41) is 17.1. The molecule has 0 atom stereocenters. The van der Waals surface area contributed by atoms with Gasteiger partial charge in [0.05, 0.1) is 4.92 Å². The van der Waals surface area contributed by atoms with Crippen LogP contribution in [0.15, 0.2) is 6.07 Å². The molecule has 0 bridgehead atoms. The van der Waals surface area contributed by atoms with Crippen molar-refractivity contribution in [2.75, 3.05) is 11.9 Å². The SMILES string of the molecule is O=C(NC1CCCCC1)c1cc([N+](=O)[O-])c(NC2CC2)nc1OCC(F)F. The van der Waals surface area contributed by atoms with Crippen LogP contribution in [0.2, 0.25) is 0 Å². The van der Waals surface area contributed by atoms with Gasteiger partial charge in [-0.05, 0) is 25.7 Å². The van der Waals surface area contributed by atoms with Crippen molar-refractivity contribution in [2.24, 2.45) is 0 Å². The molecular weight excluding hydrogens is 362 g/mol. The third kappa shape index (κ3) is 5.24. The number of ether oxygens (including phenoxy) is 1. The van der Waals surface area contributed by atoms with Crippen LogP contribution in [-0.4, -0.2) is 40.9 Å². The van der Waals surface area contributed by atoms with Crippen LogP contribution in [-0.2, 0) is 0 Å². The maximum Gasteiger partial charge on any atom is 0.312 e. The Balaban J connectivity index is 1.88. The first-order chi connectivity index (χ1) is 12.9. The van der Waals surface area contributed by atoms with Gasteiger partial charge in [-0.2, -0.15) is 4.98 Å². The molecule has 8 nitrogen and oxygen atoms in total. The highest BCUT2D eigenvalue weighted by atomic mass is 19.3. The van der Waals surface area contributed by atoms with Crippen molar-refractivity contribution in [3.63, 3.8) is 0 Å². The van der Waals surface area contributed by atoms with Gasteiger partial charge in [-0.3, -0.25) is 14.9 Å². The highest BCUT2D eigenvalue weighted by Crippen LogP contribution is 2.33. The monoisotopic (exact) mass is 384 g/mol. The van der Waals surface area contributed by atoms with Gasteiger partial charge in [0.15, 0.2) is 6.61 Å². The Bertz CT molecular complexity index is 706. The number of aromatic nitrogens is 1. The van der Waals surface area contributed by atoms with E-state index in [2.05, 4.69) is 15.6 Å². The number of halogens is 2. The summed E-state index contributed by atoms with van der Waals surface area (Å²) in [6.45, 7) is -0.947. The minimum atomic E-state index is -2.75. The number of rotatable bonds is 8. The molecule has 0 saturated heterocycles. The fourth-order valence-electron chi connectivity index (χ4n) is 3.08.